The summed E-state index contributed by atoms with van der Waals surface area (Å²) in [4.78, 5) is 8.72. The summed E-state index contributed by atoms with van der Waals surface area (Å²) in [6.45, 7) is 6.35. The molecule has 0 amide bonds. The van der Waals surface area contributed by atoms with E-state index >= 15 is 0 Å². The van der Waals surface area contributed by atoms with E-state index < -0.39 is 0 Å². The second-order valence-corrected chi connectivity index (χ2v) is 12.8. The van der Waals surface area contributed by atoms with Crippen LogP contribution in [0.4, 0.5) is 5.69 Å². The second kappa shape index (κ2) is 12.7. The fourth-order valence-electron chi connectivity index (χ4n) is 3.33. The third kappa shape index (κ3) is 8.50. The normalized spacial score (nSPS) is 11.7. The van der Waals surface area contributed by atoms with Gasteiger partial charge in [0.05, 0.1) is 15.3 Å². The molecule has 0 atom stereocenters. The summed E-state index contributed by atoms with van der Waals surface area (Å²) in [5.74, 6) is 0. The predicted octanol–water partition coefficient (Wildman–Crippen LogP) is 10.4. The molecule has 0 saturated carbocycles. The molecule has 0 unspecified atom stereocenters. The molecule has 0 aliphatic heterocycles. The van der Waals surface area contributed by atoms with Crippen LogP contribution in [0.5, 0.6) is 0 Å². The molecule has 4 aromatic carbocycles. The summed E-state index contributed by atoms with van der Waals surface area (Å²) in [6, 6.07) is 34.0. The molecule has 35 heavy (non-hydrogen) atoms. The highest BCUT2D eigenvalue weighted by atomic mass is 35.5. The van der Waals surface area contributed by atoms with Crippen molar-refractivity contribution in [2.24, 2.45) is 4.99 Å². The van der Waals surface area contributed by atoms with E-state index in [2.05, 4.69) is 99.6 Å². The van der Waals surface area contributed by atoms with Crippen LogP contribution in [0.1, 0.15) is 23.1 Å². The summed E-state index contributed by atoms with van der Waals surface area (Å²) < 4.78 is 0.260. The molecule has 0 aromatic heterocycles. The quantitative estimate of drug-likeness (QED) is 0.0966. The Morgan fingerprint density at radius 1 is 0.686 bits per heavy atom. The molecule has 0 fully saturated rings. The average molecular weight is 534 g/mol. The first-order chi connectivity index (χ1) is 16.9. The maximum absolute atomic E-state index is 6.29. The highest BCUT2D eigenvalue weighted by Gasteiger charge is 2.18. The Labute approximate surface area is 226 Å². The van der Waals surface area contributed by atoms with Gasteiger partial charge in [0.15, 0.2) is 0 Å². The lowest BCUT2D eigenvalue weighted by molar-refractivity contribution is 1.23. The molecule has 178 valence electrons. The van der Waals surface area contributed by atoms with Crippen molar-refractivity contribution in [1.29, 1.82) is 0 Å². The van der Waals surface area contributed by atoms with Crippen LogP contribution in [0.15, 0.2) is 117 Å². The highest BCUT2D eigenvalue weighted by Crippen LogP contribution is 2.40. The van der Waals surface area contributed by atoms with Gasteiger partial charge in [0.2, 0.25) is 0 Å². The minimum absolute atomic E-state index is 0.260. The Bertz CT molecular complexity index is 1220. The van der Waals surface area contributed by atoms with Crippen LogP contribution in [0.3, 0.4) is 0 Å². The van der Waals surface area contributed by atoms with Crippen LogP contribution >= 0.6 is 46.9 Å². The van der Waals surface area contributed by atoms with Crippen LogP contribution in [0.2, 0.25) is 5.02 Å². The van der Waals surface area contributed by atoms with Crippen LogP contribution in [0, 0.1) is 20.8 Å². The molecule has 0 heterocycles. The maximum atomic E-state index is 6.29. The number of thioether (sulfide) groups is 3. The number of hydrogen-bond donors (Lipinski definition) is 0. The third-order valence-corrected chi connectivity index (χ3v) is 8.98. The zero-order valence-electron chi connectivity index (χ0n) is 20.1. The molecular formula is C30H28ClNS3. The van der Waals surface area contributed by atoms with E-state index in [-0.39, 0.29) is 4.58 Å². The van der Waals surface area contributed by atoms with Gasteiger partial charge < -0.3 is 0 Å². The topological polar surface area (TPSA) is 12.4 Å². The number of rotatable bonds is 8. The Kier molecular flexibility index (Phi) is 9.45. The van der Waals surface area contributed by atoms with Crippen LogP contribution in [-0.2, 0) is 0 Å². The van der Waals surface area contributed by atoms with Crippen LogP contribution < -0.4 is 0 Å². The molecule has 0 N–H and O–H groups in total. The van der Waals surface area contributed by atoms with Gasteiger partial charge in [0, 0.05) is 26.1 Å². The van der Waals surface area contributed by atoms with Crippen molar-refractivity contribution in [2.75, 3.05) is 0 Å². The zero-order chi connectivity index (χ0) is 24.6. The number of halogens is 1. The summed E-state index contributed by atoms with van der Waals surface area (Å²) in [5.41, 5.74) is 4.75. The van der Waals surface area contributed by atoms with Crippen molar-refractivity contribution in [3.05, 3.63) is 119 Å². The second-order valence-electron chi connectivity index (χ2n) is 8.40. The predicted molar refractivity (Wildman–Crippen MR) is 158 cm³/mol. The van der Waals surface area contributed by atoms with Crippen molar-refractivity contribution < 1.29 is 0 Å². The van der Waals surface area contributed by atoms with E-state index in [0.29, 0.717) is 0 Å². The Balaban J connectivity index is 1.64. The molecule has 0 radical (unpaired) electrons. The third-order valence-electron chi connectivity index (χ3n) is 5.24. The first-order valence-corrected chi connectivity index (χ1v) is 14.4. The fourth-order valence-corrected chi connectivity index (χ4v) is 7.33. The van der Waals surface area contributed by atoms with Gasteiger partial charge in [-0.15, -0.1) is 23.5 Å². The minimum atomic E-state index is 0.260. The van der Waals surface area contributed by atoms with E-state index in [1.165, 1.54) is 26.5 Å². The summed E-state index contributed by atoms with van der Waals surface area (Å²) in [5, 5.41) is 1.81. The van der Waals surface area contributed by atoms with Crippen LogP contribution in [0.25, 0.3) is 0 Å². The molecule has 5 heteroatoms. The summed E-state index contributed by atoms with van der Waals surface area (Å²) in [6.07, 6.45) is 0.822. The zero-order valence-corrected chi connectivity index (χ0v) is 23.3. The SMILES string of the molecule is Cc1ccc(N=C(CC(Sc2ccc(C)cc2)Sc2ccc(C)cc2)Sc2cccc(Cl)c2)cc1. The molecule has 0 aliphatic rings. The molecule has 4 aromatic rings. The first-order valence-electron chi connectivity index (χ1n) is 11.5. The smallest absolute Gasteiger partial charge is 0.0806 e. The first kappa shape index (κ1) is 26.0. The van der Waals surface area contributed by atoms with Crippen molar-refractivity contribution in [1.82, 2.24) is 0 Å². The molecule has 4 rings (SSSR count). The van der Waals surface area contributed by atoms with E-state index in [4.69, 9.17) is 16.6 Å². The number of nitrogens with zero attached hydrogens (tertiary/aromatic N) is 1. The van der Waals surface area contributed by atoms with Gasteiger partial charge in [-0.3, -0.25) is 0 Å². The van der Waals surface area contributed by atoms with Gasteiger partial charge >= 0.3 is 0 Å². The monoisotopic (exact) mass is 533 g/mol. The molecule has 0 saturated heterocycles. The van der Waals surface area contributed by atoms with Crippen molar-refractivity contribution in [3.8, 4) is 0 Å². The van der Waals surface area contributed by atoms with Gasteiger partial charge in [-0.25, -0.2) is 4.99 Å². The van der Waals surface area contributed by atoms with Gasteiger partial charge in [-0.05, 0) is 75.4 Å². The van der Waals surface area contributed by atoms with Gasteiger partial charge in [-0.1, -0.05) is 82.5 Å². The van der Waals surface area contributed by atoms with E-state index in [9.17, 15) is 0 Å². The summed E-state index contributed by atoms with van der Waals surface area (Å²) in [7, 11) is 0. The molecule has 0 spiro atoms. The van der Waals surface area contributed by atoms with Crippen molar-refractivity contribution in [2.45, 2.75) is 46.5 Å². The standard InChI is InChI=1S/C30H28ClNS3/c1-21-7-13-25(14-8-21)32-29(33-28-6-4-5-24(31)19-28)20-30(34-26-15-9-22(2)10-16-26)35-27-17-11-23(3)12-18-27/h4-19,30H,20H2,1-3H3. The van der Waals surface area contributed by atoms with Gasteiger partial charge in [0.1, 0.15) is 0 Å². The minimum Gasteiger partial charge on any atom is -0.246 e. The molecular weight excluding hydrogens is 506 g/mol. The Hall–Kier alpha value is -2.11. The largest absolute Gasteiger partial charge is 0.246 e. The van der Waals surface area contributed by atoms with Crippen molar-refractivity contribution in [3.63, 3.8) is 0 Å². The van der Waals surface area contributed by atoms with Crippen molar-refractivity contribution >= 4 is 57.6 Å². The summed E-state index contributed by atoms with van der Waals surface area (Å²) >= 11 is 11.8. The fraction of sp³-hybridized carbons (Fsp3) is 0.167. The highest BCUT2D eigenvalue weighted by molar-refractivity contribution is 8.17. The lowest BCUT2D eigenvalue weighted by Gasteiger charge is -2.18. The number of aliphatic imine (C=N–C) groups is 1. The molecule has 0 aliphatic carbocycles. The van der Waals surface area contributed by atoms with Crippen LogP contribution in [-0.4, -0.2) is 9.63 Å². The average Bonchev–Trinajstić information content (AvgIpc) is 2.83. The number of benzene rings is 4. The molecule has 1 nitrogen and oxygen atoms in total. The van der Waals surface area contributed by atoms with E-state index in [1.807, 2.05) is 41.7 Å². The maximum Gasteiger partial charge on any atom is 0.0806 e. The Morgan fingerprint density at radius 2 is 1.20 bits per heavy atom. The lowest BCUT2D eigenvalue weighted by Crippen LogP contribution is -2.05. The number of hydrogen-bond acceptors (Lipinski definition) is 4. The van der Waals surface area contributed by atoms with Gasteiger partial charge in [0.25, 0.3) is 0 Å². The van der Waals surface area contributed by atoms with Gasteiger partial charge in [-0.2, -0.15) is 0 Å². The van der Waals surface area contributed by atoms with E-state index in [1.54, 1.807) is 11.8 Å². The Morgan fingerprint density at radius 3 is 1.71 bits per heavy atom. The van der Waals surface area contributed by atoms with E-state index in [0.717, 1.165) is 27.1 Å². The molecule has 0 bridgehead atoms. The number of aryl methyl sites for hydroxylation is 3. The lowest BCUT2D eigenvalue weighted by atomic mass is 10.2.